The lowest BCUT2D eigenvalue weighted by Crippen LogP contribution is -2.15. The molecule has 0 radical (unpaired) electrons. The predicted molar refractivity (Wildman–Crippen MR) is 144 cm³/mol. The monoisotopic (exact) mass is 456 g/mol. The van der Waals surface area contributed by atoms with E-state index in [9.17, 15) is 0 Å². The smallest absolute Gasteiger partial charge is 0.130 e. The van der Waals surface area contributed by atoms with E-state index in [1.165, 1.54) is 43.7 Å². The zero-order chi connectivity index (χ0) is 22.3. The second kappa shape index (κ2) is 10.9. The Morgan fingerprint density at radius 1 is 0.719 bits per heavy atom. The van der Waals surface area contributed by atoms with Crippen molar-refractivity contribution in [3.63, 3.8) is 0 Å². The first kappa shape index (κ1) is 22.7. The van der Waals surface area contributed by atoms with E-state index >= 15 is 0 Å². The van der Waals surface area contributed by atoms with Gasteiger partial charge < -0.3 is 4.74 Å². The summed E-state index contributed by atoms with van der Waals surface area (Å²) in [5.74, 6) is 1.04. The van der Waals surface area contributed by atoms with E-state index in [2.05, 4.69) is 106 Å². The Balaban J connectivity index is 1.60. The third-order valence-electron chi connectivity index (χ3n) is 5.52. The molecular formula is C29H30OP2. The van der Waals surface area contributed by atoms with E-state index < -0.39 is 0 Å². The SMILES string of the molecule is Cc1cc(C)c(OCc2ccccc2)c(Pc2c(C)cccc2CPc2ccccc2)c1. The molecule has 0 spiro atoms. The zero-order valence-corrected chi connectivity index (χ0v) is 21.0. The Labute approximate surface area is 195 Å². The highest BCUT2D eigenvalue weighted by molar-refractivity contribution is 7.56. The van der Waals surface area contributed by atoms with Crippen molar-refractivity contribution in [3.05, 3.63) is 119 Å². The second-order valence-corrected chi connectivity index (χ2v) is 10.8. The van der Waals surface area contributed by atoms with Crippen LogP contribution in [0.3, 0.4) is 0 Å². The summed E-state index contributed by atoms with van der Waals surface area (Å²) in [7, 11) is 1.36. The second-order valence-electron chi connectivity index (χ2n) is 8.19. The van der Waals surface area contributed by atoms with Crippen LogP contribution in [0.1, 0.15) is 27.8 Å². The molecule has 0 N–H and O–H groups in total. The van der Waals surface area contributed by atoms with Crippen molar-refractivity contribution >= 4 is 33.1 Å². The van der Waals surface area contributed by atoms with E-state index in [-0.39, 0.29) is 0 Å². The predicted octanol–water partition coefficient (Wildman–Crippen LogP) is 6.32. The molecule has 4 aromatic rings. The van der Waals surface area contributed by atoms with Crippen LogP contribution in [0.25, 0.3) is 0 Å². The number of ether oxygens (including phenoxy) is 1. The third-order valence-corrected chi connectivity index (χ3v) is 8.43. The summed E-state index contributed by atoms with van der Waals surface area (Å²) in [5, 5.41) is 4.18. The van der Waals surface area contributed by atoms with Crippen LogP contribution < -0.4 is 20.7 Å². The Kier molecular flexibility index (Phi) is 7.75. The van der Waals surface area contributed by atoms with Crippen LogP contribution in [-0.4, -0.2) is 0 Å². The molecule has 0 saturated carbocycles. The van der Waals surface area contributed by atoms with Crippen LogP contribution in [0.15, 0.2) is 91.0 Å². The van der Waals surface area contributed by atoms with Crippen molar-refractivity contribution in [2.75, 3.05) is 0 Å². The lowest BCUT2D eigenvalue weighted by molar-refractivity contribution is 0.307. The van der Waals surface area contributed by atoms with Gasteiger partial charge in [0.15, 0.2) is 0 Å². The molecule has 4 rings (SSSR count). The minimum Gasteiger partial charge on any atom is -0.488 e. The number of benzene rings is 4. The summed E-state index contributed by atoms with van der Waals surface area (Å²) in [5.41, 5.74) is 6.52. The van der Waals surface area contributed by atoms with Crippen LogP contribution in [0.2, 0.25) is 0 Å². The van der Waals surface area contributed by atoms with Crippen LogP contribution in [-0.2, 0) is 12.8 Å². The van der Waals surface area contributed by atoms with E-state index in [1.54, 1.807) is 0 Å². The van der Waals surface area contributed by atoms with Crippen LogP contribution in [0, 0.1) is 20.8 Å². The van der Waals surface area contributed by atoms with Gasteiger partial charge in [0.05, 0.1) is 0 Å². The molecule has 1 nitrogen and oxygen atoms in total. The summed E-state index contributed by atoms with van der Waals surface area (Å²) in [4.78, 5) is 0. The fourth-order valence-electron chi connectivity index (χ4n) is 3.91. The van der Waals surface area contributed by atoms with Crippen molar-refractivity contribution in [1.82, 2.24) is 0 Å². The maximum atomic E-state index is 6.40. The van der Waals surface area contributed by atoms with Gasteiger partial charge in [-0.15, -0.1) is 0 Å². The Hall–Kier alpha value is -2.46. The molecule has 2 unspecified atom stereocenters. The summed E-state index contributed by atoms with van der Waals surface area (Å²) in [6, 6.07) is 32.5. The van der Waals surface area contributed by atoms with Crippen molar-refractivity contribution < 1.29 is 4.74 Å². The van der Waals surface area contributed by atoms with Gasteiger partial charge in [-0.1, -0.05) is 102 Å². The van der Waals surface area contributed by atoms with E-state index in [0.29, 0.717) is 15.2 Å². The van der Waals surface area contributed by atoms with Gasteiger partial charge in [0.2, 0.25) is 0 Å². The Morgan fingerprint density at radius 3 is 2.19 bits per heavy atom. The van der Waals surface area contributed by atoms with Crippen LogP contribution in [0.5, 0.6) is 5.75 Å². The first-order valence-corrected chi connectivity index (χ1v) is 13.2. The highest BCUT2D eigenvalue weighted by Gasteiger charge is 2.14. The normalized spacial score (nSPS) is 11.6. The lowest BCUT2D eigenvalue weighted by atomic mass is 10.1. The molecule has 0 fully saturated rings. The molecule has 0 aliphatic rings. The third kappa shape index (κ3) is 5.86. The van der Waals surface area contributed by atoms with Gasteiger partial charge >= 0.3 is 0 Å². The van der Waals surface area contributed by atoms with Gasteiger partial charge in [-0.3, -0.25) is 0 Å². The molecular weight excluding hydrogens is 426 g/mol. The summed E-state index contributed by atoms with van der Waals surface area (Å²) in [6.07, 6.45) is 1.08. The highest BCUT2D eigenvalue weighted by Crippen LogP contribution is 2.29. The lowest BCUT2D eigenvalue weighted by Gasteiger charge is -2.18. The molecule has 162 valence electrons. The van der Waals surface area contributed by atoms with E-state index in [4.69, 9.17) is 4.74 Å². The Bertz CT molecular complexity index is 1170. The molecule has 3 heteroatoms. The average Bonchev–Trinajstić information content (AvgIpc) is 2.80. The molecule has 0 saturated heterocycles. The van der Waals surface area contributed by atoms with Crippen LogP contribution >= 0.6 is 17.2 Å². The van der Waals surface area contributed by atoms with Gasteiger partial charge in [-0.2, -0.15) is 0 Å². The summed E-state index contributed by atoms with van der Waals surface area (Å²) < 4.78 is 6.40. The fraction of sp³-hybridized carbons (Fsp3) is 0.172. The van der Waals surface area contributed by atoms with Crippen molar-refractivity contribution in [2.45, 2.75) is 33.5 Å². The first-order chi connectivity index (χ1) is 15.6. The quantitative estimate of drug-likeness (QED) is 0.282. The molecule has 4 aromatic carbocycles. The standard InChI is InChI=1S/C29H30OP2/c1-21-17-23(3)28(30-19-24-12-6-4-7-13-24)27(18-21)32-29-22(2)11-10-14-25(29)20-31-26-15-8-5-9-16-26/h4-18,31-32H,19-20H2,1-3H3. The maximum absolute atomic E-state index is 6.40. The molecule has 32 heavy (non-hydrogen) atoms. The molecule has 0 bridgehead atoms. The van der Waals surface area contributed by atoms with Gasteiger partial charge in [0, 0.05) is 5.30 Å². The van der Waals surface area contributed by atoms with E-state index in [1.807, 2.05) is 6.07 Å². The first-order valence-electron chi connectivity index (χ1n) is 11.0. The maximum Gasteiger partial charge on any atom is 0.130 e. The topological polar surface area (TPSA) is 9.23 Å². The molecule has 0 aliphatic heterocycles. The number of aryl methyl sites for hydroxylation is 3. The van der Waals surface area contributed by atoms with Crippen molar-refractivity contribution in [2.24, 2.45) is 0 Å². The zero-order valence-electron chi connectivity index (χ0n) is 19.0. The molecule has 2 atom stereocenters. The number of hydrogen-bond donors (Lipinski definition) is 0. The van der Waals surface area contributed by atoms with Gasteiger partial charge in [0.25, 0.3) is 0 Å². The number of hydrogen-bond acceptors (Lipinski definition) is 1. The van der Waals surface area contributed by atoms with Gasteiger partial charge in [-0.25, -0.2) is 0 Å². The van der Waals surface area contributed by atoms with Crippen LogP contribution in [0.4, 0.5) is 0 Å². The Morgan fingerprint density at radius 2 is 1.44 bits per heavy atom. The van der Waals surface area contributed by atoms with Crippen molar-refractivity contribution in [3.8, 4) is 5.75 Å². The average molecular weight is 457 g/mol. The molecule has 0 aliphatic carbocycles. The summed E-state index contributed by atoms with van der Waals surface area (Å²) >= 11 is 0. The largest absolute Gasteiger partial charge is 0.488 e. The minimum atomic E-state index is 0.580. The highest BCUT2D eigenvalue weighted by atomic mass is 31.1. The number of rotatable bonds is 8. The van der Waals surface area contributed by atoms with Crippen molar-refractivity contribution in [1.29, 1.82) is 0 Å². The minimum absolute atomic E-state index is 0.580. The molecule has 0 heterocycles. The molecule has 0 amide bonds. The summed E-state index contributed by atoms with van der Waals surface area (Å²) in [6.45, 7) is 7.18. The van der Waals surface area contributed by atoms with Gasteiger partial charge in [-0.05, 0) is 71.4 Å². The van der Waals surface area contributed by atoms with Gasteiger partial charge in [0.1, 0.15) is 12.4 Å². The fourth-order valence-corrected chi connectivity index (χ4v) is 6.77. The molecule has 0 aromatic heterocycles. The van der Waals surface area contributed by atoms with E-state index in [0.717, 1.165) is 20.5 Å².